The Labute approximate surface area is 167 Å². The molecule has 0 aliphatic rings. The number of carbonyl (C=O) groups is 1. The van der Waals surface area contributed by atoms with Crippen molar-refractivity contribution < 1.29 is 31.1 Å². The topological polar surface area (TPSA) is 55.1 Å². The van der Waals surface area contributed by atoms with Gasteiger partial charge in [0.25, 0.3) is 0 Å². The number of nitrogens with one attached hydrogen (secondary N) is 1. The summed E-state index contributed by atoms with van der Waals surface area (Å²) in [5.74, 6) is -0.416. The molecule has 148 valence electrons. The molecule has 0 aliphatic carbocycles. The maximum Gasteiger partial charge on any atom is 0.416 e. The number of nitrogen functional groups attached to an aromatic ring is 1. The maximum atomic E-state index is 12.4. The standard InChI is InChI=1S/C9H7BrF3NO.C7H5BrF3N/c1-5(15)14-8-3-6(9(11,12)13)2-7(10)4-8;8-5-1-4(7(9,10)11)2-6(12)3-5/h2-4H,1H3,(H,14,15);1-3H,12H2. The van der Waals surface area contributed by atoms with Gasteiger partial charge >= 0.3 is 12.4 Å². The first-order chi connectivity index (χ1) is 12.2. The van der Waals surface area contributed by atoms with Gasteiger partial charge in [0.15, 0.2) is 0 Å². The van der Waals surface area contributed by atoms with Crippen LogP contribution in [0.5, 0.6) is 0 Å². The molecule has 0 spiro atoms. The predicted octanol–water partition coefficient (Wildman–Crippen LogP) is 6.48. The fraction of sp³-hybridized carbons (Fsp3) is 0.188. The molecule has 3 nitrogen and oxygen atoms in total. The zero-order chi connectivity index (χ0) is 21.0. The van der Waals surface area contributed by atoms with Crippen molar-refractivity contribution in [3.8, 4) is 0 Å². The van der Waals surface area contributed by atoms with E-state index in [1.807, 2.05) is 0 Å². The molecule has 0 radical (unpaired) electrons. The number of carbonyl (C=O) groups excluding carboxylic acids is 1. The molecule has 0 fully saturated rings. The van der Waals surface area contributed by atoms with Crippen LogP contribution in [0, 0.1) is 0 Å². The van der Waals surface area contributed by atoms with Crippen LogP contribution in [0.1, 0.15) is 18.1 Å². The highest BCUT2D eigenvalue weighted by molar-refractivity contribution is 9.10. The van der Waals surface area contributed by atoms with Crippen molar-refractivity contribution in [1.82, 2.24) is 0 Å². The monoisotopic (exact) mass is 520 g/mol. The van der Waals surface area contributed by atoms with Gasteiger partial charge in [-0.2, -0.15) is 26.3 Å². The van der Waals surface area contributed by atoms with Crippen molar-refractivity contribution in [2.24, 2.45) is 0 Å². The number of hydrogen-bond donors (Lipinski definition) is 2. The minimum atomic E-state index is -4.42. The molecular formula is C16H12Br2F6N2O. The second kappa shape index (κ2) is 8.96. The minimum absolute atomic E-state index is 0.0942. The third-order valence-corrected chi connectivity index (χ3v) is 3.71. The van der Waals surface area contributed by atoms with Crippen LogP contribution < -0.4 is 11.1 Å². The molecule has 1 amide bonds. The SMILES string of the molecule is CC(=O)Nc1cc(Br)cc(C(F)(F)F)c1.Nc1cc(Br)cc(C(F)(F)F)c1. The lowest BCUT2D eigenvalue weighted by Gasteiger charge is -2.10. The lowest BCUT2D eigenvalue weighted by molar-refractivity contribution is -0.138. The average molecular weight is 522 g/mol. The van der Waals surface area contributed by atoms with Crippen LogP contribution in [0.3, 0.4) is 0 Å². The molecule has 0 saturated heterocycles. The van der Waals surface area contributed by atoms with Gasteiger partial charge in [-0.15, -0.1) is 0 Å². The van der Waals surface area contributed by atoms with Crippen LogP contribution in [-0.2, 0) is 17.1 Å². The Morgan fingerprint density at radius 1 is 0.852 bits per heavy atom. The van der Waals surface area contributed by atoms with E-state index in [2.05, 4.69) is 37.2 Å². The van der Waals surface area contributed by atoms with E-state index < -0.39 is 29.4 Å². The number of alkyl halides is 6. The first kappa shape index (κ1) is 23.3. The van der Waals surface area contributed by atoms with E-state index in [1.54, 1.807) is 0 Å². The molecule has 0 aromatic heterocycles. The quantitative estimate of drug-likeness (QED) is 0.333. The van der Waals surface area contributed by atoms with Gasteiger partial charge in [0, 0.05) is 27.2 Å². The van der Waals surface area contributed by atoms with Crippen molar-refractivity contribution in [2.45, 2.75) is 19.3 Å². The van der Waals surface area contributed by atoms with E-state index >= 15 is 0 Å². The van der Waals surface area contributed by atoms with Gasteiger partial charge in [0.05, 0.1) is 11.1 Å². The van der Waals surface area contributed by atoms with E-state index in [9.17, 15) is 31.1 Å². The summed E-state index contributed by atoms with van der Waals surface area (Å²) in [6.07, 6.45) is -8.76. The van der Waals surface area contributed by atoms with Crippen molar-refractivity contribution in [2.75, 3.05) is 11.1 Å². The highest BCUT2D eigenvalue weighted by Gasteiger charge is 2.31. The summed E-state index contributed by atoms with van der Waals surface area (Å²) in [6, 6.07) is 6.52. The third kappa shape index (κ3) is 8.21. The van der Waals surface area contributed by atoms with E-state index in [4.69, 9.17) is 5.73 Å². The van der Waals surface area contributed by atoms with E-state index in [1.165, 1.54) is 19.1 Å². The smallest absolute Gasteiger partial charge is 0.399 e. The van der Waals surface area contributed by atoms with E-state index in [0.717, 1.165) is 24.3 Å². The summed E-state index contributed by atoms with van der Waals surface area (Å²) in [7, 11) is 0. The van der Waals surface area contributed by atoms with Crippen LogP contribution in [0.25, 0.3) is 0 Å². The van der Waals surface area contributed by atoms with Crippen molar-refractivity contribution in [3.05, 3.63) is 56.5 Å². The van der Waals surface area contributed by atoms with E-state index in [-0.39, 0.29) is 15.8 Å². The summed E-state index contributed by atoms with van der Waals surface area (Å²) in [4.78, 5) is 10.7. The molecule has 27 heavy (non-hydrogen) atoms. The Morgan fingerprint density at radius 3 is 1.70 bits per heavy atom. The normalized spacial score (nSPS) is 11.4. The molecule has 2 aromatic carbocycles. The highest BCUT2D eigenvalue weighted by atomic mass is 79.9. The molecule has 0 bridgehead atoms. The molecule has 11 heteroatoms. The first-order valence-electron chi connectivity index (χ1n) is 6.97. The number of rotatable bonds is 1. The summed E-state index contributed by atoms with van der Waals surface area (Å²) < 4.78 is 73.9. The zero-order valence-corrected chi connectivity index (χ0v) is 16.6. The number of halogens is 8. The lowest BCUT2D eigenvalue weighted by atomic mass is 10.2. The second-order valence-corrected chi connectivity index (χ2v) is 7.01. The molecule has 3 N–H and O–H groups in total. The summed E-state index contributed by atoms with van der Waals surface area (Å²) >= 11 is 5.87. The number of nitrogens with two attached hydrogens (primary N) is 1. The third-order valence-electron chi connectivity index (χ3n) is 2.79. The molecule has 0 saturated carbocycles. The van der Waals surface area contributed by atoms with Crippen molar-refractivity contribution in [1.29, 1.82) is 0 Å². The largest absolute Gasteiger partial charge is 0.416 e. The summed E-state index contributed by atoms with van der Waals surface area (Å²) in [5.41, 5.74) is 3.89. The van der Waals surface area contributed by atoms with Gasteiger partial charge in [-0.3, -0.25) is 4.79 Å². The average Bonchev–Trinajstić information content (AvgIpc) is 2.43. The Bertz CT molecular complexity index is 801. The van der Waals surface area contributed by atoms with Gasteiger partial charge < -0.3 is 11.1 Å². The Balaban J connectivity index is 0.000000277. The van der Waals surface area contributed by atoms with Gasteiger partial charge in [-0.25, -0.2) is 0 Å². The summed E-state index contributed by atoms with van der Waals surface area (Å²) in [5, 5.41) is 2.29. The van der Waals surface area contributed by atoms with Gasteiger partial charge in [0.2, 0.25) is 5.91 Å². The lowest BCUT2D eigenvalue weighted by Crippen LogP contribution is -2.09. The van der Waals surface area contributed by atoms with Crippen LogP contribution in [-0.4, -0.2) is 5.91 Å². The number of hydrogen-bond acceptors (Lipinski definition) is 2. The van der Waals surface area contributed by atoms with Crippen LogP contribution >= 0.6 is 31.9 Å². The highest BCUT2D eigenvalue weighted by Crippen LogP contribution is 2.34. The zero-order valence-electron chi connectivity index (χ0n) is 13.5. The number of benzene rings is 2. The van der Waals surface area contributed by atoms with Crippen molar-refractivity contribution >= 4 is 49.1 Å². The summed E-state index contributed by atoms with van der Waals surface area (Å²) in [6.45, 7) is 1.23. The fourth-order valence-corrected chi connectivity index (χ4v) is 2.81. The Hall–Kier alpha value is -1.75. The van der Waals surface area contributed by atoms with Crippen LogP contribution in [0.2, 0.25) is 0 Å². The fourth-order valence-electron chi connectivity index (χ4n) is 1.80. The molecule has 0 atom stereocenters. The molecular weight excluding hydrogens is 510 g/mol. The first-order valence-corrected chi connectivity index (χ1v) is 8.55. The number of anilines is 2. The van der Waals surface area contributed by atoms with Gasteiger partial charge in [-0.05, 0) is 36.4 Å². The molecule has 2 aromatic rings. The number of amides is 1. The van der Waals surface area contributed by atoms with Crippen LogP contribution in [0.15, 0.2) is 45.3 Å². The van der Waals surface area contributed by atoms with Gasteiger partial charge in [0.1, 0.15) is 0 Å². The molecule has 0 aliphatic heterocycles. The van der Waals surface area contributed by atoms with Crippen LogP contribution in [0.4, 0.5) is 37.7 Å². The van der Waals surface area contributed by atoms with Crippen molar-refractivity contribution in [3.63, 3.8) is 0 Å². The van der Waals surface area contributed by atoms with Gasteiger partial charge in [-0.1, -0.05) is 31.9 Å². The molecule has 0 heterocycles. The maximum absolute atomic E-state index is 12.4. The Kier molecular flexibility index (Phi) is 7.73. The predicted molar refractivity (Wildman–Crippen MR) is 97.0 cm³/mol. The minimum Gasteiger partial charge on any atom is -0.399 e. The molecule has 0 unspecified atom stereocenters. The van der Waals surface area contributed by atoms with E-state index in [0.29, 0.717) is 4.47 Å². The second-order valence-electron chi connectivity index (χ2n) is 5.18. The Morgan fingerprint density at radius 2 is 1.30 bits per heavy atom. The molecule has 2 rings (SSSR count).